The van der Waals surface area contributed by atoms with Gasteiger partial charge in [-0.15, -0.1) is 0 Å². The molecule has 56 valence electrons. The number of benzene rings is 1. The lowest BCUT2D eigenvalue weighted by atomic mass is 10.2. The first kappa shape index (κ1) is 8.32. The van der Waals surface area contributed by atoms with Crippen molar-refractivity contribution in [2.45, 2.75) is 0 Å². The van der Waals surface area contributed by atoms with E-state index in [-0.39, 0.29) is 15.6 Å². The van der Waals surface area contributed by atoms with Crippen molar-refractivity contribution >= 4 is 23.2 Å². The number of nitriles is 1. The zero-order chi connectivity index (χ0) is 8.43. The van der Waals surface area contributed by atoms with E-state index in [1.807, 2.05) is 0 Å². The Morgan fingerprint density at radius 3 is 2.36 bits per heavy atom. The average molecular weight is 190 g/mol. The van der Waals surface area contributed by atoms with Crippen LogP contribution in [0.3, 0.4) is 0 Å². The van der Waals surface area contributed by atoms with Crippen molar-refractivity contribution in [3.63, 3.8) is 0 Å². The van der Waals surface area contributed by atoms with Gasteiger partial charge in [0.15, 0.2) is 0 Å². The molecule has 0 fully saturated rings. The van der Waals surface area contributed by atoms with Crippen molar-refractivity contribution in [3.05, 3.63) is 33.6 Å². The first-order valence-electron chi connectivity index (χ1n) is 2.70. The van der Waals surface area contributed by atoms with E-state index in [4.69, 9.17) is 28.5 Å². The molecule has 0 radical (unpaired) electrons. The molecule has 0 aliphatic rings. The van der Waals surface area contributed by atoms with E-state index < -0.39 is 5.82 Å². The number of nitrogens with zero attached hydrogens (tertiary/aromatic N) is 1. The molecule has 0 amide bonds. The van der Waals surface area contributed by atoms with Gasteiger partial charge >= 0.3 is 0 Å². The van der Waals surface area contributed by atoms with Crippen LogP contribution in [-0.4, -0.2) is 0 Å². The van der Waals surface area contributed by atoms with Crippen molar-refractivity contribution in [1.82, 2.24) is 0 Å². The van der Waals surface area contributed by atoms with Gasteiger partial charge in [-0.3, -0.25) is 0 Å². The summed E-state index contributed by atoms with van der Waals surface area (Å²) in [6.45, 7) is 0. The molecule has 1 rings (SSSR count). The molecule has 0 aromatic heterocycles. The maximum absolute atomic E-state index is 12.7. The van der Waals surface area contributed by atoms with Crippen LogP contribution in [0, 0.1) is 17.1 Å². The van der Waals surface area contributed by atoms with Crippen LogP contribution in [0.4, 0.5) is 4.39 Å². The normalized spacial score (nSPS) is 9.27. The Bertz CT molecular complexity index is 330. The minimum atomic E-state index is -0.651. The van der Waals surface area contributed by atoms with Gasteiger partial charge in [-0.2, -0.15) is 5.26 Å². The van der Waals surface area contributed by atoms with Crippen LogP contribution in [0.5, 0.6) is 0 Å². The van der Waals surface area contributed by atoms with Crippen LogP contribution in [-0.2, 0) is 0 Å². The van der Waals surface area contributed by atoms with Gasteiger partial charge in [0.05, 0.1) is 15.6 Å². The first-order chi connectivity index (χ1) is 5.15. The standard InChI is InChI=1S/C7H2Cl2FN/c8-5-1-4(3-11)7(10)2-6(5)9/h1-2H. The van der Waals surface area contributed by atoms with Crippen LogP contribution < -0.4 is 0 Å². The molecule has 11 heavy (non-hydrogen) atoms. The van der Waals surface area contributed by atoms with Crippen LogP contribution >= 0.6 is 23.2 Å². The fourth-order valence-electron chi connectivity index (χ4n) is 0.608. The third-order valence-electron chi connectivity index (χ3n) is 1.13. The number of hydrogen-bond acceptors (Lipinski definition) is 1. The summed E-state index contributed by atoms with van der Waals surface area (Å²) in [5.41, 5.74) is -0.0978. The molecule has 0 aliphatic heterocycles. The summed E-state index contributed by atoms with van der Waals surface area (Å²) >= 11 is 11.0. The van der Waals surface area contributed by atoms with Gasteiger partial charge in [-0.25, -0.2) is 4.39 Å². The van der Waals surface area contributed by atoms with Crippen molar-refractivity contribution in [3.8, 4) is 6.07 Å². The lowest BCUT2D eigenvalue weighted by Crippen LogP contribution is -1.83. The molecule has 1 aromatic rings. The van der Waals surface area contributed by atoms with E-state index >= 15 is 0 Å². The van der Waals surface area contributed by atoms with Gasteiger partial charge in [0.25, 0.3) is 0 Å². The Morgan fingerprint density at radius 2 is 1.82 bits per heavy atom. The van der Waals surface area contributed by atoms with E-state index in [0.717, 1.165) is 6.07 Å². The summed E-state index contributed by atoms with van der Waals surface area (Å²) in [7, 11) is 0. The van der Waals surface area contributed by atoms with Crippen LogP contribution in [0.25, 0.3) is 0 Å². The summed E-state index contributed by atoms with van der Waals surface area (Å²) < 4.78 is 12.7. The smallest absolute Gasteiger partial charge is 0.142 e. The maximum Gasteiger partial charge on any atom is 0.142 e. The second kappa shape index (κ2) is 3.08. The SMILES string of the molecule is N#Cc1cc(Cl)c(Cl)cc1F. The Balaban J connectivity index is 3.35. The number of halogens is 3. The molecule has 0 N–H and O–H groups in total. The van der Waals surface area contributed by atoms with E-state index in [9.17, 15) is 4.39 Å². The quantitative estimate of drug-likeness (QED) is 0.576. The van der Waals surface area contributed by atoms with E-state index in [1.165, 1.54) is 6.07 Å². The summed E-state index contributed by atoms with van der Waals surface area (Å²) in [5.74, 6) is -0.651. The van der Waals surface area contributed by atoms with Crippen molar-refractivity contribution in [2.24, 2.45) is 0 Å². The molecule has 1 aromatic carbocycles. The molecule has 1 nitrogen and oxygen atoms in total. The van der Waals surface area contributed by atoms with Gasteiger partial charge in [0, 0.05) is 0 Å². The highest BCUT2D eigenvalue weighted by Crippen LogP contribution is 2.24. The molecule has 4 heteroatoms. The maximum atomic E-state index is 12.7. The third-order valence-corrected chi connectivity index (χ3v) is 1.85. The van der Waals surface area contributed by atoms with Crippen LogP contribution in [0.15, 0.2) is 12.1 Å². The lowest BCUT2D eigenvalue weighted by Gasteiger charge is -1.96. The zero-order valence-corrected chi connectivity index (χ0v) is 6.75. The Morgan fingerprint density at radius 1 is 1.27 bits per heavy atom. The molecule has 0 unspecified atom stereocenters. The van der Waals surface area contributed by atoms with E-state index in [2.05, 4.69) is 0 Å². The van der Waals surface area contributed by atoms with Gasteiger partial charge in [-0.1, -0.05) is 23.2 Å². The topological polar surface area (TPSA) is 23.8 Å². The Kier molecular flexibility index (Phi) is 2.33. The van der Waals surface area contributed by atoms with Gasteiger partial charge in [0.2, 0.25) is 0 Å². The van der Waals surface area contributed by atoms with Gasteiger partial charge in [0.1, 0.15) is 11.9 Å². The van der Waals surface area contributed by atoms with Crippen molar-refractivity contribution in [1.29, 1.82) is 5.26 Å². The molecule has 0 bridgehead atoms. The monoisotopic (exact) mass is 189 g/mol. The largest absolute Gasteiger partial charge is 0.205 e. The molecule has 0 saturated carbocycles. The van der Waals surface area contributed by atoms with Gasteiger partial charge < -0.3 is 0 Å². The fraction of sp³-hybridized carbons (Fsp3) is 0. The minimum Gasteiger partial charge on any atom is -0.205 e. The molecule has 0 spiro atoms. The highest BCUT2D eigenvalue weighted by Gasteiger charge is 2.05. The molecular formula is C7H2Cl2FN. The first-order valence-corrected chi connectivity index (χ1v) is 3.45. The molecule has 0 heterocycles. The van der Waals surface area contributed by atoms with E-state index in [0.29, 0.717) is 0 Å². The second-order valence-electron chi connectivity index (χ2n) is 1.86. The summed E-state index contributed by atoms with van der Waals surface area (Å²) in [5, 5.41) is 8.64. The molecule has 0 aliphatic carbocycles. The van der Waals surface area contributed by atoms with Crippen molar-refractivity contribution in [2.75, 3.05) is 0 Å². The summed E-state index contributed by atoms with van der Waals surface area (Å²) in [6, 6.07) is 3.86. The summed E-state index contributed by atoms with van der Waals surface area (Å²) in [4.78, 5) is 0. The number of rotatable bonds is 0. The lowest BCUT2D eigenvalue weighted by molar-refractivity contribution is 0.624. The predicted octanol–water partition coefficient (Wildman–Crippen LogP) is 3.00. The van der Waals surface area contributed by atoms with E-state index in [1.54, 1.807) is 6.07 Å². The molecule has 0 atom stereocenters. The molecule has 0 saturated heterocycles. The second-order valence-corrected chi connectivity index (χ2v) is 2.67. The summed E-state index contributed by atoms with van der Waals surface area (Å²) in [6.07, 6.45) is 0. The Labute approximate surface area is 73.0 Å². The van der Waals surface area contributed by atoms with Crippen molar-refractivity contribution < 1.29 is 4.39 Å². The highest BCUT2D eigenvalue weighted by molar-refractivity contribution is 6.42. The minimum absolute atomic E-state index is 0.0978. The molecular weight excluding hydrogens is 188 g/mol. The highest BCUT2D eigenvalue weighted by atomic mass is 35.5. The van der Waals surface area contributed by atoms with Crippen LogP contribution in [0.2, 0.25) is 10.0 Å². The average Bonchev–Trinajstić information content (AvgIpc) is 1.97. The Hall–Kier alpha value is -0.780. The number of hydrogen-bond donors (Lipinski definition) is 0. The van der Waals surface area contributed by atoms with Crippen LogP contribution in [0.1, 0.15) is 5.56 Å². The third kappa shape index (κ3) is 1.62. The fourth-order valence-corrected chi connectivity index (χ4v) is 0.922. The zero-order valence-electron chi connectivity index (χ0n) is 5.24. The predicted molar refractivity (Wildman–Crippen MR) is 41.1 cm³/mol. The van der Waals surface area contributed by atoms with Gasteiger partial charge in [-0.05, 0) is 12.1 Å².